The summed E-state index contributed by atoms with van der Waals surface area (Å²) in [6.07, 6.45) is 4.15. The molecule has 1 aromatic carbocycles. The van der Waals surface area contributed by atoms with E-state index in [9.17, 15) is 9.90 Å². The summed E-state index contributed by atoms with van der Waals surface area (Å²) in [6.45, 7) is 0. The Bertz CT molecular complexity index is 394. The Hall–Kier alpha value is -1.60. The molecule has 14 heavy (non-hydrogen) atoms. The van der Waals surface area contributed by atoms with Gasteiger partial charge in [-0.3, -0.25) is 0 Å². The van der Waals surface area contributed by atoms with Gasteiger partial charge in [-0.2, -0.15) is 0 Å². The number of phenols is 1. The minimum atomic E-state index is 0.0433. The highest BCUT2D eigenvalue weighted by molar-refractivity contribution is 5.39. The monoisotopic (exact) mass is 189 g/mol. The third-order valence-corrected chi connectivity index (χ3v) is 2.63. The number of aliphatic imine (C=N–C) groups is 1. The highest BCUT2D eigenvalue weighted by atomic mass is 16.3. The van der Waals surface area contributed by atoms with Crippen LogP contribution in [0.25, 0.3) is 0 Å². The standard InChI is InChI=1S/C11H11NO2/c13-7-12-10-3-1-8-2-4-11(14)6-9(8)5-10/h2,4,6,10,14H,1,3,5H2. The Morgan fingerprint density at radius 3 is 3.07 bits per heavy atom. The van der Waals surface area contributed by atoms with E-state index in [0.717, 1.165) is 24.8 Å². The number of isocyanates is 1. The molecule has 0 fully saturated rings. The van der Waals surface area contributed by atoms with E-state index < -0.39 is 0 Å². The number of nitrogens with zero attached hydrogens (tertiary/aromatic N) is 1. The summed E-state index contributed by atoms with van der Waals surface area (Å²) < 4.78 is 0. The van der Waals surface area contributed by atoms with Gasteiger partial charge in [0.2, 0.25) is 6.08 Å². The van der Waals surface area contributed by atoms with Crippen LogP contribution in [-0.2, 0) is 17.6 Å². The molecule has 1 atom stereocenters. The smallest absolute Gasteiger partial charge is 0.235 e. The van der Waals surface area contributed by atoms with Crippen LogP contribution in [0, 0.1) is 0 Å². The van der Waals surface area contributed by atoms with Crippen LogP contribution in [0.1, 0.15) is 17.5 Å². The van der Waals surface area contributed by atoms with Gasteiger partial charge in [-0.15, -0.1) is 0 Å². The quantitative estimate of drug-likeness (QED) is 0.538. The third kappa shape index (κ3) is 1.68. The molecule has 72 valence electrons. The van der Waals surface area contributed by atoms with Crippen molar-refractivity contribution in [3.05, 3.63) is 29.3 Å². The second-order valence-electron chi connectivity index (χ2n) is 3.57. The van der Waals surface area contributed by atoms with Crippen LogP contribution in [0.4, 0.5) is 0 Å². The summed E-state index contributed by atoms with van der Waals surface area (Å²) in [5, 5.41) is 9.30. The second kappa shape index (κ2) is 3.64. The molecule has 0 radical (unpaired) electrons. The number of hydrogen-bond acceptors (Lipinski definition) is 3. The number of fused-ring (bicyclic) bond motifs is 1. The van der Waals surface area contributed by atoms with E-state index in [4.69, 9.17) is 0 Å². The van der Waals surface area contributed by atoms with Crippen molar-refractivity contribution in [3.63, 3.8) is 0 Å². The average molecular weight is 189 g/mol. The zero-order valence-electron chi connectivity index (χ0n) is 7.73. The minimum Gasteiger partial charge on any atom is -0.508 e. The molecule has 0 aromatic heterocycles. The maximum absolute atomic E-state index is 10.1. The van der Waals surface area contributed by atoms with Gasteiger partial charge in [-0.25, -0.2) is 9.79 Å². The topological polar surface area (TPSA) is 49.7 Å². The molecule has 0 aliphatic heterocycles. The lowest BCUT2D eigenvalue weighted by Gasteiger charge is -2.20. The van der Waals surface area contributed by atoms with E-state index in [0.29, 0.717) is 0 Å². The van der Waals surface area contributed by atoms with Crippen molar-refractivity contribution in [1.82, 2.24) is 0 Å². The largest absolute Gasteiger partial charge is 0.508 e. The second-order valence-corrected chi connectivity index (χ2v) is 3.57. The molecule has 3 nitrogen and oxygen atoms in total. The first kappa shape index (κ1) is 8.97. The molecule has 0 amide bonds. The van der Waals surface area contributed by atoms with Crippen LogP contribution in [0.2, 0.25) is 0 Å². The number of aromatic hydroxyl groups is 1. The molecule has 1 aliphatic carbocycles. The number of phenolic OH excluding ortho intramolecular Hbond substituents is 1. The molecule has 1 N–H and O–H groups in total. The van der Waals surface area contributed by atoms with Crippen molar-refractivity contribution in [1.29, 1.82) is 0 Å². The molecule has 1 unspecified atom stereocenters. The van der Waals surface area contributed by atoms with E-state index in [1.54, 1.807) is 18.2 Å². The van der Waals surface area contributed by atoms with Crippen molar-refractivity contribution in [2.75, 3.05) is 0 Å². The first-order valence-corrected chi connectivity index (χ1v) is 4.67. The minimum absolute atomic E-state index is 0.0433. The van der Waals surface area contributed by atoms with E-state index in [1.165, 1.54) is 5.56 Å². The number of benzene rings is 1. The van der Waals surface area contributed by atoms with Gasteiger partial charge in [0.15, 0.2) is 0 Å². The van der Waals surface area contributed by atoms with E-state index in [1.807, 2.05) is 6.07 Å². The van der Waals surface area contributed by atoms with Gasteiger partial charge in [0.05, 0.1) is 6.04 Å². The van der Waals surface area contributed by atoms with Crippen LogP contribution in [-0.4, -0.2) is 17.2 Å². The maximum Gasteiger partial charge on any atom is 0.235 e. The fraction of sp³-hybridized carbons (Fsp3) is 0.364. The van der Waals surface area contributed by atoms with E-state index in [-0.39, 0.29) is 11.8 Å². The number of aryl methyl sites for hydroxylation is 1. The summed E-state index contributed by atoms with van der Waals surface area (Å²) in [5.41, 5.74) is 2.35. The number of carbonyl (C=O) groups excluding carboxylic acids is 1. The first-order valence-electron chi connectivity index (χ1n) is 4.67. The number of hydrogen-bond donors (Lipinski definition) is 1. The molecule has 0 bridgehead atoms. The van der Waals surface area contributed by atoms with Gasteiger partial charge in [0.25, 0.3) is 0 Å². The molecule has 1 aliphatic rings. The summed E-state index contributed by atoms with van der Waals surface area (Å²) in [5.74, 6) is 0.277. The van der Waals surface area contributed by atoms with Gasteiger partial charge in [0.1, 0.15) is 5.75 Å². The van der Waals surface area contributed by atoms with Crippen LogP contribution in [0.5, 0.6) is 5.75 Å². The number of rotatable bonds is 1. The maximum atomic E-state index is 10.1. The van der Waals surface area contributed by atoms with Gasteiger partial charge >= 0.3 is 0 Å². The predicted octanol–water partition coefficient (Wildman–Crippen LogP) is 1.59. The molecule has 1 aromatic rings. The molecule has 0 spiro atoms. The summed E-state index contributed by atoms with van der Waals surface area (Å²) >= 11 is 0. The van der Waals surface area contributed by atoms with Crippen molar-refractivity contribution in [2.45, 2.75) is 25.3 Å². The van der Waals surface area contributed by atoms with Gasteiger partial charge in [-0.05, 0) is 42.5 Å². The average Bonchev–Trinajstić information content (AvgIpc) is 2.17. The lowest BCUT2D eigenvalue weighted by molar-refractivity contribution is 0.472. The molecule has 2 rings (SSSR count). The predicted molar refractivity (Wildman–Crippen MR) is 52.0 cm³/mol. The highest BCUT2D eigenvalue weighted by Crippen LogP contribution is 2.26. The molecular formula is C11H11NO2. The molecule has 3 heteroatoms. The van der Waals surface area contributed by atoms with Crippen LogP contribution < -0.4 is 0 Å². The normalized spacial score (nSPS) is 19.6. The van der Waals surface area contributed by atoms with Gasteiger partial charge in [-0.1, -0.05) is 6.07 Å². The van der Waals surface area contributed by atoms with Crippen LogP contribution in [0.3, 0.4) is 0 Å². The fourth-order valence-corrected chi connectivity index (χ4v) is 1.91. The molecule has 0 heterocycles. The van der Waals surface area contributed by atoms with Gasteiger partial charge in [0, 0.05) is 0 Å². The Morgan fingerprint density at radius 2 is 2.29 bits per heavy atom. The van der Waals surface area contributed by atoms with Gasteiger partial charge < -0.3 is 5.11 Å². The summed E-state index contributed by atoms with van der Waals surface area (Å²) in [7, 11) is 0. The summed E-state index contributed by atoms with van der Waals surface area (Å²) in [6, 6.07) is 5.43. The van der Waals surface area contributed by atoms with Crippen LogP contribution >= 0.6 is 0 Å². The Balaban J connectivity index is 2.28. The summed E-state index contributed by atoms with van der Waals surface area (Å²) in [4.78, 5) is 13.8. The third-order valence-electron chi connectivity index (χ3n) is 2.63. The highest BCUT2D eigenvalue weighted by Gasteiger charge is 2.17. The van der Waals surface area contributed by atoms with E-state index in [2.05, 4.69) is 4.99 Å². The first-order chi connectivity index (χ1) is 6.79. The zero-order chi connectivity index (χ0) is 9.97. The lowest BCUT2D eigenvalue weighted by atomic mass is 9.88. The Labute approximate surface area is 82.1 Å². The zero-order valence-corrected chi connectivity index (χ0v) is 7.73. The van der Waals surface area contributed by atoms with Crippen molar-refractivity contribution in [3.8, 4) is 5.75 Å². The molecule has 0 saturated carbocycles. The molecule has 0 saturated heterocycles. The SMILES string of the molecule is O=C=NC1CCc2ccc(O)cc2C1. The molecular weight excluding hydrogens is 178 g/mol. The van der Waals surface area contributed by atoms with Crippen molar-refractivity contribution in [2.24, 2.45) is 4.99 Å². The van der Waals surface area contributed by atoms with Crippen molar-refractivity contribution >= 4 is 6.08 Å². The Kier molecular flexibility index (Phi) is 2.33. The fourth-order valence-electron chi connectivity index (χ4n) is 1.91. The lowest BCUT2D eigenvalue weighted by Crippen LogP contribution is -2.16. The Morgan fingerprint density at radius 1 is 1.43 bits per heavy atom. The van der Waals surface area contributed by atoms with E-state index >= 15 is 0 Å². The van der Waals surface area contributed by atoms with Crippen LogP contribution in [0.15, 0.2) is 23.2 Å². The van der Waals surface area contributed by atoms with Crippen molar-refractivity contribution < 1.29 is 9.90 Å².